The first kappa shape index (κ1) is 19.9. The molecule has 1 aromatic rings. The molecule has 0 bridgehead atoms. The normalized spacial score (nSPS) is 26.6. The van der Waals surface area contributed by atoms with Crippen molar-refractivity contribution in [1.82, 2.24) is 4.90 Å². The predicted octanol–water partition coefficient (Wildman–Crippen LogP) is 3.46. The average Bonchev–Trinajstić information content (AvgIpc) is 3.48. The maximum absolute atomic E-state index is 13.0. The maximum atomic E-state index is 13.0. The molecule has 1 aliphatic carbocycles. The Morgan fingerprint density at radius 2 is 2.10 bits per heavy atom. The van der Waals surface area contributed by atoms with Gasteiger partial charge in [0.25, 0.3) is 0 Å². The van der Waals surface area contributed by atoms with Gasteiger partial charge in [0.05, 0.1) is 17.7 Å². The molecule has 2 heterocycles. The molecule has 156 valence electrons. The minimum atomic E-state index is -0.708. The molecule has 6 heteroatoms. The molecule has 0 N–H and O–H groups in total. The molecule has 2 atom stereocenters. The van der Waals surface area contributed by atoms with Gasteiger partial charge in [-0.1, -0.05) is 29.4 Å². The van der Waals surface area contributed by atoms with Crippen molar-refractivity contribution in [3.8, 4) is 0 Å². The standard InChI is InChI=1S/C23H30N2O4/c1-3-28-22(27)23(11-6-12-25(15-23)21(26)17-9-10-17)14-18-13-20(24-29-18)19-8-5-4-7-16(19)2/h4-5,7-8,17-18H,3,6,9-15H2,1-2H3. The van der Waals surface area contributed by atoms with Crippen LogP contribution < -0.4 is 0 Å². The molecule has 2 aliphatic heterocycles. The van der Waals surface area contributed by atoms with Crippen LogP contribution in [0.1, 0.15) is 56.6 Å². The lowest BCUT2D eigenvalue weighted by Gasteiger charge is -2.41. The SMILES string of the molecule is CCOC(=O)C1(CC2CC(c3ccccc3C)=NO2)CCCN(C(=O)C2CC2)C1. The number of piperidine rings is 1. The molecule has 0 spiro atoms. The number of benzene rings is 1. The molecular formula is C23H30N2O4. The first-order valence-electron chi connectivity index (χ1n) is 10.8. The van der Waals surface area contributed by atoms with Gasteiger partial charge in [0.1, 0.15) is 6.10 Å². The Kier molecular flexibility index (Phi) is 5.61. The van der Waals surface area contributed by atoms with Crippen LogP contribution in [0.4, 0.5) is 0 Å². The molecule has 4 rings (SSSR count). The number of rotatable bonds is 6. The van der Waals surface area contributed by atoms with Gasteiger partial charge in [-0.25, -0.2) is 0 Å². The molecule has 3 aliphatic rings. The molecule has 1 saturated carbocycles. The number of hydrogen-bond acceptors (Lipinski definition) is 5. The summed E-state index contributed by atoms with van der Waals surface area (Å²) in [6, 6.07) is 8.13. The molecule has 1 saturated heterocycles. The van der Waals surface area contributed by atoms with Crippen molar-refractivity contribution in [1.29, 1.82) is 0 Å². The van der Waals surface area contributed by atoms with E-state index < -0.39 is 5.41 Å². The highest BCUT2D eigenvalue weighted by molar-refractivity contribution is 6.02. The second kappa shape index (κ2) is 8.17. The summed E-state index contributed by atoms with van der Waals surface area (Å²) in [4.78, 5) is 33.3. The number of aryl methyl sites for hydroxylation is 1. The van der Waals surface area contributed by atoms with Gasteiger partial charge < -0.3 is 14.5 Å². The molecule has 1 aromatic carbocycles. The monoisotopic (exact) mass is 398 g/mol. The zero-order valence-corrected chi connectivity index (χ0v) is 17.4. The second-order valence-corrected chi connectivity index (χ2v) is 8.63. The van der Waals surface area contributed by atoms with Gasteiger partial charge in [-0.2, -0.15) is 0 Å². The van der Waals surface area contributed by atoms with Gasteiger partial charge in [-0.15, -0.1) is 0 Å². The van der Waals surface area contributed by atoms with E-state index in [9.17, 15) is 9.59 Å². The fraction of sp³-hybridized carbons (Fsp3) is 0.609. The number of nitrogens with zero attached hydrogens (tertiary/aromatic N) is 2. The molecule has 0 aromatic heterocycles. The van der Waals surface area contributed by atoms with Crippen LogP contribution in [0.2, 0.25) is 0 Å². The van der Waals surface area contributed by atoms with Gasteiger partial charge in [0, 0.05) is 37.4 Å². The first-order valence-corrected chi connectivity index (χ1v) is 10.8. The van der Waals surface area contributed by atoms with Crippen molar-refractivity contribution >= 4 is 17.6 Å². The van der Waals surface area contributed by atoms with E-state index in [0.717, 1.165) is 49.1 Å². The third kappa shape index (κ3) is 4.16. The van der Waals surface area contributed by atoms with E-state index in [0.29, 0.717) is 26.0 Å². The summed E-state index contributed by atoms with van der Waals surface area (Å²) in [5, 5.41) is 4.33. The van der Waals surface area contributed by atoms with Crippen LogP contribution in [-0.4, -0.2) is 48.3 Å². The van der Waals surface area contributed by atoms with E-state index in [1.165, 1.54) is 0 Å². The number of ether oxygens (including phenoxy) is 1. The Hall–Kier alpha value is -2.37. The zero-order chi connectivity index (χ0) is 20.4. The number of carbonyl (C=O) groups is 2. The zero-order valence-electron chi connectivity index (χ0n) is 17.4. The highest BCUT2D eigenvalue weighted by atomic mass is 16.6. The summed E-state index contributed by atoms with van der Waals surface area (Å²) in [7, 11) is 0. The van der Waals surface area contributed by atoms with Gasteiger partial charge >= 0.3 is 5.97 Å². The van der Waals surface area contributed by atoms with Crippen molar-refractivity contribution < 1.29 is 19.2 Å². The van der Waals surface area contributed by atoms with Crippen LogP contribution in [0.3, 0.4) is 0 Å². The van der Waals surface area contributed by atoms with Gasteiger partial charge in [0.15, 0.2) is 0 Å². The first-order chi connectivity index (χ1) is 14.0. The summed E-state index contributed by atoms with van der Waals surface area (Å²) < 4.78 is 5.46. The van der Waals surface area contributed by atoms with Crippen molar-refractivity contribution in [3.63, 3.8) is 0 Å². The minimum absolute atomic E-state index is 0.159. The van der Waals surface area contributed by atoms with Gasteiger partial charge in [-0.3, -0.25) is 9.59 Å². The van der Waals surface area contributed by atoms with E-state index in [4.69, 9.17) is 9.57 Å². The molecule has 2 fully saturated rings. The summed E-state index contributed by atoms with van der Waals surface area (Å²) >= 11 is 0. The number of likely N-dealkylation sites (tertiary alicyclic amines) is 1. The molecule has 0 radical (unpaired) electrons. The summed E-state index contributed by atoms with van der Waals surface area (Å²) in [6.45, 7) is 5.39. The largest absolute Gasteiger partial charge is 0.466 e. The van der Waals surface area contributed by atoms with Crippen molar-refractivity contribution in [3.05, 3.63) is 35.4 Å². The van der Waals surface area contributed by atoms with Crippen molar-refractivity contribution in [2.45, 2.75) is 58.5 Å². The van der Waals surface area contributed by atoms with Crippen LogP contribution in [-0.2, 0) is 19.2 Å². The van der Waals surface area contributed by atoms with Crippen LogP contribution in [0, 0.1) is 18.3 Å². The lowest BCUT2D eigenvalue weighted by Crippen LogP contribution is -2.52. The van der Waals surface area contributed by atoms with E-state index in [2.05, 4.69) is 24.2 Å². The van der Waals surface area contributed by atoms with E-state index >= 15 is 0 Å². The number of hydrogen-bond donors (Lipinski definition) is 0. The fourth-order valence-corrected chi connectivity index (χ4v) is 4.64. The Labute approximate surface area is 172 Å². The van der Waals surface area contributed by atoms with E-state index in [1.54, 1.807) is 0 Å². The number of oxime groups is 1. The molecule has 29 heavy (non-hydrogen) atoms. The summed E-state index contributed by atoms with van der Waals surface area (Å²) in [5.74, 6) is 0.149. The molecular weight excluding hydrogens is 368 g/mol. The van der Waals surface area contributed by atoms with E-state index in [1.807, 2.05) is 24.0 Å². The second-order valence-electron chi connectivity index (χ2n) is 8.63. The van der Waals surface area contributed by atoms with Crippen LogP contribution in [0.25, 0.3) is 0 Å². The molecule has 2 unspecified atom stereocenters. The predicted molar refractivity (Wildman–Crippen MR) is 109 cm³/mol. The summed E-state index contributed by atoms with van der Waals surface area (Å²) in [5.41, 5.74) is 2.47. The molecule has 1 amide bonds. The third-order valence-electron chi connectivity index (χ3n) is 6.33. The van der Waals surface area contributed by atoms with E-state index in [-0.39, 0.29) is 23.9 Å². The van der Waals surface area contributed by atoms with Crippen LogP contribution in [0.5, 0.6) is 0 Å². The fourth-order valence-electron chi connectivity index (χ4n) is 4.64. The Bertz CT molecular complexity index is 817. The molecule has 6 nitrogen and oxygen atoms in total. The van der Waals surface area contributed by atoms with Crippen molar-refractivity contribution in [2.75, 3.05) is 19.7 Å². The maximum Gasteiger partial charge on any atom is 0.314 e. The average molecular weight is 399 g/mol. The summed E-state index contributed by atoms with van der Waals surface area (Å²) in [6.07, 6.45) is 4.50. The minimum Gasteiger partial charge on any atom is -0.466 e. The lowest BCUT2D eigenvalue weighted by atomic mass is 9.74. The lowest BCUT2D eigenvalue weighted by molar-refractivity contribution is -0.164. The van der Waals surface area contributed by atoms with Crippen LogP contribution in [0.15, 0.2) is 29.4 Å². The highest BCUT2D eigenvalue weighted by Crippen LogP contribution is 2.41. The number of carbonyl (C=O) groups excluding carboxylic acids is 2. The van der Waals surface area contributed by atoms with Gasteiger partial charge in [-0.05, 0) is 45.1 Å². The van der Waals surface area contributed by atoms with Gasteiger partial charge in [0.2, 0.25) is 5.91 Å². The third-order valence-corrected chi connectivity index (χ3v) is 6.33. The quantitative estimate of drug-likeness (QED) is 0.688. The number of amides is 1. The van der Waals surface area contributed by atoms with Crippen molar-refractivity contribution in [2.24, 2.45) is 16.5 Å². The Morgan fingerprint density at radius 1 is 1.31 bits per heavy atom. The highest BCUT2D eigenvalue weighted by Gasteiger charge is 2.49. The smallest absolute Gasteiger partial charge is 0.314 e. The van der Waals surface area contributed by atoms with Crippen LogP contribution >= 0.6 is 0 Å². The Balaban J connectivity index is 1.49. The topological polar surface area (TPSA) is 68.2 Å². The number of esters is 1. The Morgan fingerprint density at radius 3 is 2.83 bits per heavy atom.